The second-order valence-electron chi connectivity index (χ2n) is 8.11. The van der Waals surface area contributed by atoms with Crippen molar-refractivity contribution < 1.29 is 9.53 Å². The Morgan fingerprint density at radius 2 is 1.83 bits per heavy atom. The average molecular weight is 402 g/mol. The van der Waals surface area contributed by atoms with Gasteiger partial charge in [0.1, 0.15) is 23.9 Å². The second-order valence-corrected chi connectivity index (χ2v) is 8.11. The molecule has 0 radical (unpaired) electrons. The van der Waals surface area contributed by atoms with Crippen LogP contribution >= 0.6 is 0 Å². The number of para-hydroxylation sites is 2. The molecule has 0 saturated carbocycles. The van der Waals surface area contributed by atoms with Crippen LogP contribution in [0.5, 0.6) is 5.75 Å². The monoisotopic (exact) mass is 402 g/mol. The fourth-order valence-corrected chi connectivity index (χ4v) is 4.53. The number of carbonyl (C=O) groups excluding carboxylic acids is 1. The minimum absolute atomic E-state index is 0.0115. The first-order valence-corrected chi connectivity index (χ1v) is 10.4. The summed E-state index contributed by atoms with van der Waals surface area (Å²) in [4.78, 5) is 22.3. The number of nitrogens with zero attached hydrogens (tertiary/aromatic N) is 4. The maximum Gasteiger partial charge on any atom is 0.274 e. The number of hydrogen-bond donors (Lipinski definition) is 0. The summed E-state index contributed by atoms with van der Waals surface area (Å²) in [5.74, 6) is 1.82. The highest BCUT2D eigenvalue weighted by Gasteiger charge is 2.36. The van der Waals surface area contributed by atoms with E-state index < -0.39 is 0 Å². The smallest absolute Gasteiger partial charge is 0.274 e. The van der Waals surface area contributed by atoms with Crippen LogP contribution in [0.25, 0.3) is 0 Å². The predicted molar refractivity (Wildman–Crippen MR) is 116 cm³/mol. The first-order valence-electron chi connectivity index (χ1n) is 10.4. The summed E-state index contributed by atoms with van der Waals surface area (Å²) in [6, 6.07) is 18.3. The molecular formula is C24H26N4O2. The van der Waals surface area contributed by atoms with E-state index in [-0.39, 0.29) is 11.9 Å². The van der Waals surface area contributed by atoms with Crippen molar-refractivity contribution in [1.82, 2.24) is 14.5 Å². The SMILES string of the molecule is CN1C[C@H](N2CCc3c(nc(Cc4ccccc4)n3C)C2=O)COc2ccccc21. The number of aromatic nitrogens is 2. The molecule has 0 spiro atoms. The number of amides is 1. The lowest BCUT2D eigenvalue weighted by atomic mass is 10.1. The van der Waals surface area contributed by atoms with Gasteiger partial charge >= 0.3 is 0 Å². The molecule has 2 aliphatic rings. The highest BCUT2D eigenvalue weighted by Crippen LogP contribution is 2.31. The van der Waals surface area contributed by atoms with Crippen molar-refractivity contribution in [2.45, 2.75) is 18.9 Å². The van der Waals surface area contributed by atoms with Gasteiger partial charge in [0.05, 0.1) is 17.4 Å². The van der Waals surface area contributed by atoms with E-state index >= 15 is 0 Å². The summed E-state index contributed by atoms with van der Waals surface area (Å²) in [6.07, 6.45) is 1.54. The van der Waals surface area contributed by atoms with Crippen molar-refractivity contribution in [3.63, 3.8) is 0 Å². The number of anilines is 1. The molecule has 0 saturated heterocycles. The van der Waals surface area contributed by atoms with Crippen molar-refractivity contribution in [2.24, 2.45) is 7.05 Å². The van der Waals surface area contributed by atoms with E-state index in [0.717, 1.165) is 42.3 Å². The van der Waals surface area contributed by atoms with E-state index in [1.165, 1.54) is 5.56 Å². The summed E-state index contributed by atoms with van der Waals surface area (Å²) >= 11 is 0. The van der Waals surface area contributed by atoms with E-state index in [0.29, 0.717) is 18.8 Å². The molecule has 1 amide bonds. The minimum atomic E-state index is -0.0115. The highest BCUT2D eigenvalue weighted by molar-refractivity contribution is 5.95. The van der Waals surface area contributed by atoms with Crippen LogP contribution in [0.15, 0.2) is 54.6 Å². The van der Waals surface area contributed by atoms with Gasteiger partial charge in [0.25, 0.3) is 5.91 Å². The van der Waals surface area contributed by atoms with Crippen LogP contribution in [0, 0.1) is 0 Å². The molecule has 3 heterocycles. The number of imidazole rings is 1. The second kappa shape index (κ2) is 7.52. The molecule has 5 rings (SSSR count). The zero-order chi connectivity index (χ0) is 20.7. The van der Waals surface area contributed by atoms with Crippen molar-refractivity contribution in [1.29, 1.82) is 0 Å². The van der Waals surface area contributed by atoms with Gasteiger partial charge in [-0.25, -0.2) is 4.98 Å². The molecular weight excluding hydrogens is 376 g/mol. The molecule has 6 nitrogen and oxygen atoms in total. The number of fused-ring (bicyclic) bond motifs is 2. The molecule has 0 bridgehead atoms. The lowest BCUT2D eigenvalue weighted by Gasteiger charge is -2.34. The Bertz CT molecular complexity index is 1080. The van der Waals surface area contributed by atoms with Crippen molar-refractivity contribution in [3.05, 3.63) is 77.4 Å². The largest absolute Gasteiger partial charge is 0.489 e. The standard InChI is InChI=1S/C24H26N4O2/c1-26-15-18(16-30-21-11-7-6-10-19(21)26)28-13-12-20-23(24(28)29)25-22(27(20)2)14-17-8-4-3-5-9-17/h3-11,18H,12-16H2,1-2H3/t18-/m0/s1. The number of rotatable bonds is 3. The maximum absolute atomic E-state index is 13.4. The summed E-state index contributed by atoms with van der Waals surface area (Å²) in [6.45, 7) is 1.92. The van der Waals surface area contributed by atoms with E-state index in [1.54, 1.807) is 0 Å². The topological polar surface area (TPSA) is 50.6 Å². The van der Waals surface area contributed by atoms with Crippen molar-refractivity contribution in [3.8, 4) is 5.75 Å². The minimum Gasteiger partial charge on any atom is -0.489 e. The number of benzene rings is 2. The molecule has 2 aliphatic heterocycles. The lowest BCUT2D eigenvalue weighted by molar-refractivity contribution is 0.0602. The van der Waals surface area contributed by atoms with Gasteiger partial charge in [0.2, 0.25) is 0 Å². The third-order valence-electron chi connectivity index (χ3n) is 6.20. The van der Waals surface area contributed by atoms with Crippen LogP contribution in [-0.2, 0) is 19.9 Å². The Morgan fingerprint density at radius 3 is 2.67 bits per heavy atom. The summed E-state index contributed by atoms with van der Waals surface area (Å²) < 4.78 is 8.17. The fraction of sp³-hybridized carbons (Fsp3) is 0.333. The first-order chi connectivity index (χ1) is 14.6. The summed E-state index contributed by atoms with van der Waals surface area (Å²) in [7, 11) is 4.07. The van der Waals surface area contributed by atoms with Crippen LogP contribution in [0.4, 0.5) is 5.69 Å². The summed E-state index contributed by atoms with van der Waals surface area (Å²) in [5.41, 5.74) is 3.89. The lowest BCUT2D eigenvalue weighted by Crippen LogP contribution is -2.51. The normalized spacial score (nSPS) is 18.5. The van der Waals surface area contributed by atoms with Crippen LogP contribution in [-0.4, -0.2) is 53.1 Å². The van der Waals surface area contributed by atoms with E-state index in [9.17, 15) is 4.79 Å². The zero-order valence-electron chi connectivity index (χ0n) is 17.4. The van der Waals surface area contributed by atoms with E-state index in [2.05, 4.69) is 34.7 Å². The third-order valence-corrected chi connectivity index (χ3v) is 6.20. The average Bonchev–Trinajstić information content (AvgIpc) is 2.98. The van der Waals surface area contributed by atoms with Crippen molar-refractivity contribution >= 4 is 11.6 Å². The van der Waals surface area contributed by atoms with Gasteiger partial charge in [-0.3, -0.25) is 4.79 Å². The van der Waals surface area contributed by atoms with Crippen LogP contribution in [0.3, 0.4) is 0 Å². The number of hydrogen-bond acceptors (Lipinski definition) is 4. The first kappa shape index (κ1) is 18.7. The van der Waals surface area contributed by atoms with E-state index in [4.69, 9.17) is 9.72 Å². The van der Waals surface area contributed by atoms with Crippen LogP contribution in [0.2, 0.25) is 0 Å². The predicted octanol–water partition coefficient (Wildman–Crippen LogP) is 2.91. The Balaban J connectivity index is 1.38. The van der Waals surface area contributed by atoms with Gasteiger partial charge < -0.3 is 19.1 Å². The molecule has 1 aromatic heterocycles. The molecule has 0 fully saturated rings. The van der Waals surface area contributed by atoms with Crippen LogP contribution < -0.4 is 9.64 Å². The van der Waals surface area contributed by atoms with Gasteiger partial charge in [-0.2, -0.15) is 0 Å². The Morgan fingerprint density at radius 1 is 1.07 bits per heavy atom. The quantitative estimate of drug-likeness (QED) is 0.676. The summed E-state index contributed by atoms with van der Waals surface area (Å²) in [5, 5.41) is 0. The Kier molecular flexibility index (Phi) is 4.69. The van der Waals surface area contributed by atoms with E-state index in [1.807, 2.05) is 48.3 Å². The molecule has 0 unspecified atom stereocenters. The van der Waals surface area contributed by atoms with Gasteiger partial charge in [-0.15, -0.1) is 0 Å². The number of ether oxygens (including phenoxy) is 1. The van der Waals surface area contributed by atoms with Gasteiger partial charge in [0, 0.05) is 40.0 Å². The molecule has 0 aliphatic carbocycles. The zero-order valence-corrected chi connectivity index (χ0v) is 17.4. The number of carbonyl (C=O) groups is 1. The highest BCUT2D eigenvalue weighted by atomic mass is 16.5. The third kappa shape index (κ3) is 3.22. The van der Waals surface area contributed by atoms with Gasteiger partial charge in [-0.1, -0.05) is 42.5 Å². The number of likely N-dealkylation sites (N-methyl/N-ethyl adjacent to an activating group) is 1. The molecule has 1 atom stereocenters. The molecule has 0 N–H and O–H groups in total. The van der Waals surface area contributed by atoms with Crippen LogP contribution in [0.1, 0.15) is 27.6 Å². The Labute approximate surface area is 176 Å². The molecule has 3 aromatic rings. The molecule has 30 heavy (non-hydrogen) atoms. The van der Waals surface area contributed by atoms with Gasteiger partial charge in [0.15, 0.2) is 0 Å². The maximum atomic E-state index is 13.4. The van der Waals surface area contributed by atoms with Crippen molar-refractivity contribution in [2.75, 3.05) is 31.6 Å². The molecule has 2 aromatic carbocycles. The molecule has 6 heteroatoms. The van der Waals surface area contributed by atoms with Gasteiger partial charge in [-0.05, 0) is 17.7 Å². The fourth-order valence-electron chi connectivity index (χ4n) is 4.53. The Hall–Kier alpha value is -3.28. The molecule has 154 valence electrons.